The molecular weight excluding hydrogens is 237 g/mol. The molecule has 17 heavy (non-hydrogen) atoms. The Kier molecular flexibility index (Phi) is 3.58. The van der Waals surface area contributed by atoms with Gasteiger partial charge in [0.15, 0.2) is 5.82 Å². The van der Waals surface area contributed by atoms with Crippen molar-refractivity contribution in [2.45, 2.75) is 17.7 Å². The van der Waals surface area contributed by atoms with Crippen LogP contribution in [0.1, 0.15) is 11.1 Å². The molecule has 88 valence electrons. The van der Waals surface area contributed by atoms with Crippen molar-refractivity contribution >= 4 is 17.7 Å². The van der Waals surface area contributed by atoms with Gasteiger partial charge in [-0.25, -0.2) is 14.4 Å². The highest BCUT2D eigenvalue weighted by Crippen LogP contribution is 2.23. The van der Waals surface area contributed by atoms with Gasteiger partial charge in [0, 0.05) is 5.75 Å². The average molecular weight is 249 g/mol. The highest BCUT2D eigenvalue weighted by Gasteiger charge is 2.06. The third-order valence-electron chi connectivity index (χ3n) is 2.19. The van der Waals surface area contributed by atoms with Crippen LogP contribution in [0.15, 0.2) is 35.5 Å². The van der Waals surface area contributed by atoms with Crippen molar-refractivity contribution in [2.75, 3.05) is 5.73 Å². The maximum Gasteiger partial charge on any atom is 0.221 e. The zero-order valence-electron chi connectivity index (χ0n) is 9.35. The lowest BCUT2D eigenvalue weighted by atomic mass is 10.2. The zero-order chi connectivity index (χ0) is 12.3. The van der Waals surface area contributed by atoms with Crippen LogP contribution in [0.5, 0.6) is 0 Å². The molecule has 1 heterocycles. The first-order valence-electron chi connectivity index (χ1n) is 5.11. The number of hydrogen-bond acceptors (Lipinski definition) is 4. The van der Waals surface area contributed by atoms with Gasteiger partial charge in [0.2, 0.25) is 5.95 Å². The third-order valence-corrected chi connectivity index (χ3v) is 3.23. The molecule has 0 aliphatic heterocycles. The number of rotatable bonds is 3. The number of benzene rings is 1. The summed E-state index contributed by atoms with van der Waals surface area (Å²) >= 11 is 1.32. The maximum absolute atomic E-state index is 13.4. The number of anilines is 1. The van der Waals surface area contributed by atoms with Crippen molar-refractivity contribution in [3.63, 3.8) is 0 Å². The minimum Gasteiger partial charge on any atom is -0.368 e. The van der Waals surface area contributed by atoms with Crippen LogP contribution in [0.3, 0.4) is 0 Å². The van der Waals surface area contributed by atoms with Crippen molar-refractivity contribution in [2.24, 2.45) is 0 Å². The second-order valence-corrected chi connectivity index (χ2v) is 4.62. The molecule has 0 spiro atoms. The number of nitrogens with two attached hydrogens (primary N) is 1. The molecule has 2 aromatic rings. The SMILES string of the molecule is Cc1cccc(CSc2nc(N)ncc2F)c1. The molecule has 0 saturated carbocycles. The molecular formula is C12H12FN3S. The smallest absolute Gasteiger partial charge is 0.221 e. The van der Waals surface area contributed by atoms with E-state index in [-0.39, 0.29) is 5.95 Å². The Morgan fingerprint density at radius 2 is 2.24 bits per heavy atom. The number of halogens is 1. The fourth-order valence-corrected chi connectivity index (χ4v) is 2.25. The summed E-state index contributed by atoms with van der Waals surface area (Å²) in [7, 11) is 0. The van der Waals surface area contributed by atoms with E-state index in [2.05, 4.69) is 16.0 Å². The van der Waals surface area contributed by atoms with Crippen LogP contribution in [0.2, 0.25) is 0 Å². The fraction of sp³-hybridized carbons (Fsp3) is 0.167. The molecule has 0 fully saturated rings. The molecule has 0 amide bonds. The monoisotopic (exact) mass is 249 g/mol. The lowest BCUT2D eigenvalue weighted by Gasteiger charge is -2.03. The minimum atomic E-state index is -0.433. The van der Waals surface area contributed by atoms with Crippen molar-refractivity contribution in [1.29, 1.82) is 0 Å². The van der Waals surface area contributed by atoms with E-state index in [4.69, 9.17) is 5.73 Å². The van der Waals surface area contributed by atoms with Gasteiger partial charge in [0.25, 0.3) is 0 Å². The van der Waals surface area contributed by atoms with Gasteiger partial charge >= 0.3 is 0 Å². The van der Waals surface area contributed by atoms with E-state index in [1.165, 1.54) is 17.3 Å². The van der Waals surface area contributed by atoms with Gasteiger partial charge in [-0.2, -0.15) is 0 Å². The summed E-state index contributed by atoms with van der Waals surface area (Å²) in [6.07, 6.45) is 1.10. The Bertz CT molecular complexity index is 531. The molecule has 1 aromatic carbocycles. The standard InChI is InChI=1S/C12H12FN3S/c1-8-3-2-4-9(5-8)7-17-11-10(13)6-15-12(14)16-11/h2-6H,7H2,1H3,(H2,14,15,16). The molecule has 0 bridgehead atoms. The van der Waals surface area contributed by atoms with Crippen LogP contribution in [-0.2, 0) is 5.75 Å². The van der Waals surface area contributed by atoms with Crippen LogP contribution in [-0.4, -0.2) is 9.97 Å². The van der Waals surface area contributed by atoms with Gasteiger partial charge in [-0.15, -0.1) is 0 Å². The van der Waals surface area contributed by atoms with Gasteiger partial charge < -0.3 is 5.73 Å². The molecule has 0 aliphatic rings. The second-order valence-electron chi connectivity index (χ2n) is 3.66. The van der Waals surface area contributed by atoms with E-state index < -0.39 is 5.82 Å². The number of hydrogen-bond donors (Lipinski definition) is 1. The third kappa shape index (κ3) is 3.17. The largest absolute Gasteiger partial charge is 0.368 e. The normalized spacial score (nSPS) is 10.5. The van der Waals surface area contributed by atoms with Gasteiger partial charge in [-0.05, 0) is 12.5 Å². The predicted molar refractivity (Wildman–Crippen MR) is 67.1 cm³/mol. The van der Waals surface area contributed by atoms with Crippen LogP contribution < -0.4 is 5.73 Å². The first-order chi connectivity index (χ1) is 8.15. The topological polar surface area (TPSA) is 51.8 Å². The Hall–Kier alpha value is -1.62. The molecule has 1 aromatic heterocycles. The van der Waals surface area contributed by atoms with E-state index in [1.54, 1.807) is 0 Å². The number of aryl methyl sites for hydroxylation is 1. The Morgan fingerprint density at radius 1 is 1.41 bits per heavy atom. The lowest BCUT2D eigenvalue weighted by Crippen LogP contribution is -1.98. The molecule has 0 atom stereocenters. The molecule has 0 unspecified atom stereocenters. The van der Waals surface area contributed by atoms with E-state index in [9.17, 15) is 4.39 Å². The number of thioether (sulfide) groups is 1. The summed E-state index contributed by atoms with van der Waals surface area (Å²) < 4.78 is 13.4. The summed E-state index contributed by atoms with van der Waals surface area (Å²) in [6, 6.07) is 8.07. The van der Waals surface area contributed by atoms with Crippen LogP contribution in [0, 0.1) is 12.7 Å². The van der Waals surface area contributed by atoms with Gasteiger partial charge in [-0.1, -0.05) is 41.6 Å². The second kappa shape index (κ2) is 5.14. The van der Waals surface area contributed by atoms with Crippen molar-refractivity contribution in [3.8, 4) is 0 Å². The first-order valence-corrected chi connectivity index (χ1v) is 6.10. The molecule has 0 radical (unpaired) electrons. The van der Waals surface area contributed by atoms with Gasteiger partial charge in [0.05, 0.1) is 6.20 Å². The van der Waals surface area contributed by atoms with E-state index in [0.29, 0.717) is 10.8 Å². The lowest BCUT2D eigenvalue weighted by molar-refractivity contribution is 0.580. The first kappa shape index (κ1) is 11.9. The Labute approximate surface area is 103 Å². The molecule has 2 rings (SSSR count). The van der Waals surface area contributed by atoms with Crippen molar-refractivity contribution in [3.05, 3.63) is 47.4 Å². The quantitative estimate of drug-likeness (QED) is 0.671. The van der Waals surface area contributed by atoms with Crippen molar-refractivity contribution < 1.29 is 4.39 Å². The molecule has 3 nitrogen and oxygen atoms in total. The zero-order valence-corrected chi connectivity index (χ0v) is 10.2. The summed E-state index contributed by atoms with van der Waals surface area (Å²) in [5.74, 6) is 0.324. The molecule has 0 aliphatic carbocycles. The summed E-state index contributed by atoms with van der Waals surface area (Å²) in [4.78, 5) is 7.45. The van der Waals surface area contributed by atoms with Gasteiger partial charge in [-0.3, -0.25) is 0 Å². The summed E-state index contributed by atoms with van der Waals surface area (Å²) in [5, 5.41) is 0.291. The van der Waals surface area contributed by atoms with Crippen LogP contribution in [0.4, 0.5) is 10.3 Å². The van der Waals surface area contributed by atoms with E-state index >= 15 is 0 Å². The molecule has 5 heteroatoms. The van der Waals surface area contributed by atoms with Crippen LogP contribution in [0.25, 0.3) is 0 Å². The highest BCUT2D eigenvalue weighted by atomic mass is 32.2. The number of nitrogen functional groups attached to an aromatic ring is 1. The Balaban J connectivity index is 2.09. The number of nitrogens with zero attached hydrogens (tertiary/aromatic N) is 2. The fourth-order valence-electron chi connectivity index (χ4n) is 1.42. The predicted octanol–water partition coefficient (Wildman–Crippen LogP) is 2.80. The average Bonchev–Trinajstić information content (AvgIpc) is 2.30. The Morgan fingerprint density at radius 3 is 3.00 bits per heavy atom. The maximum atomic E-state index is 13.4. The summed E-state index contributed by atoms with van der Waals surface area (Å²) in [5.41, 5.74) is 7.74. The number of aromatic nitrogens is 2. The highest BCUT2D eigenvalue weighted by molar-refractivity contribution is 7.98. The van der Waals surface area contributed by atoms with Gasteiger partial charge in [0.1, 0.15) is 5.03 Å². The van der Waals surface area contributed by atoms with Crippen molar-refractivity contribution in [1.82, 2.24) is 9.97 Å². The minimum absolute atomic E-state index is 0.0955. The molecule has 2 N–H and O–H groups in total. The molecule has 0 saturated heterocycles. The van der Waals surface area contributed by atoms with E-state index in [1.807, 2.05) is 25.1 Å². The summed E-state index contributed by atoms with van der Waals surface area (Å²) in [6.45, 7) is 2.03. The van der Waals surface area contributed by atoms with E-state index in [0.717, 1.165) is 11.8 Å². The van der Waals surface area contributed by atoms with Crippen LogP contribution >= 0.6 is 11.8 Å².